The lowest BCUT2D eigenvalue weighted by Crippen LogP contribution is -2.43. The van der Waals surface area contributed by atoms with Gasteiger partial charge in [-0.05, 0) is 18.4 Å². The van der Waals surface area contributed by atoms with Gasteiger partial charge in [0.25, 0.3) is 0 Å². The molecule has 0 saturated carbocycles. The van der Waals surface area contributed by atoms with Crippen LogP contribution in [0.5, 0.6) is 0 Å². The average Bonchev–Trinajstić information content (AvgIpc) is 2.82. The molecule has 1 aromatic carbocycles. The monoisotopic (exact) mass is 459 g/mol. The molecular formula is C29H49NO3. The third-order valence-electron chi connectivity index (χ3n) is 6.15. The minimum atomic E-state index is -0.612. The van der Waals surface area contributed by atoms with Crippen molar-refractivity contribution in [2.45, 2.75) is 129 Å². The first-order chi connectivity index (χ1) is 16.2. The third kappa shape index (κ3) is 16.4. The van der Waals surface area contributed by atoms with E-state index in [-0.39, 0.29) is 11.9 Å². The van der Waals surface area contributed by atoms with E-state index in [2.05, 4.69) is 19.2 Å². The van der Waals surface area contributed by atoms with Gasteiger partial charge in [-0.25, -0.2) is 4.79 Å². The Kier molecular flexibility index (Phi) is 18.4. The predicted molar refractivity (Wildman–Crippen MR) is 138 cm³/mol. The van der Waals surface area contributed by atoms with E-state index in [0.29, 0.717) is 19.4 Å². The molecule has 0 aliphatic carbocycles. The summed E-state index contributed by atoms with van der Waals surface area (Å²) >= 11 is 0. The molecule has 1 aromatic rings. The van der Waals surface area contributed by atoms with Gasteiger partial charge in [-0.3, -0.25) is 4.79 Å². The summed E-state index contributed by atoms with van der Waals surface area (Å²) in [6.45, 7) is 4.88. The lowest BCUT2D eigenvalue weighted by Gasteiger charge is -2.18. The van der Waals surface area contributed by atoms with Crippen molar-refractivity contribution in [1.82, 2.24) is 5.32 Å². The molecule has 1 N–H and O–H groups in total. The Bertz CT molecular complexity index is 602. The van der Waals surface area contributed by atoms with Crippen LogP contribution in [0.4, 0.5) is 0 Å². The first kappa shape index (κ1) is 29.2. The van der Waals surface area contributed by atoms with E-state index >= 15 is 0 Å². The van der Waals surface area contributed by atoms with Gasteiger partial charge in [0.1, 0.15) is 6.04 Å². The van der Waals surface area contributed by atoms with Crippen molar-refractivity contribution in [3.63, 3.8) is 0 Å². The highest BCUT2D eigenvalue weighted by atomic mass is 16.5. The molecule has 0 spiro atoms. The highest BCUT2D eigenvalue weighted by Gasteiger charge is 2.22. The number of benzene rings is 1. The van der Waals surface area contributed by atoms with E-state index in [1.807, 2.05) is 30.3 Å². The fourth-order valence-electron chi connectivity index (χ4n) is 4.06. The highest BCUT2D eigenvalue weighted by molar-refractivity contribution is 5.84. The minimum absolute atomic E-state index is 0.0459. The van der Waals surface area contributed by atoms with Crippen molar-refractivity contribution < 1.29 is 14.3 Å². The van der Waals surface area contributed by atoms with Crippen LogP contribution < -0.4 is 5.32 Å². The second-order valence-corrected chi connectivity index (χ2v) is 9.32. The summed E-state index contributed by atoms with van der Waals surface area (Å²) in [5.74, 6) is -0.358. The minimum Gasteiger partial charge on any atom is -0.464 e. The maximum atomic E-state index is 12.7. The Morgan fingerprint density at radius 2 is 1.24 bits per heavy atom. The Hall–Kier alpha value is -1.84. The van der Waals surface area contributed by atoms with Crippen LogP contribution in [0.25, 0.3) is 0 Å². The number of rotatable bonds is 21. The summed E-state index contributed by atoms with van der Waals surface area (Å²) in [5, 5.41) is 2.95. The molecule has 188 valence electrons. The van der Waals surface area contributed by atoms with Crippen LogP contribution >= 0.6 is 0 Å². The second-order valence-electron chi connectivity index (χ2n) is 9.32. The average molecular weight is 460 g/mol. The van der Waals surface area contributed by atoms with Crippen molar-refractivity contribution >= 4 is 11.9 Å². The van der Waals surface area contributed by atoms with Crippen LogP contribution in [0.1, 0.15) is 122 Å². The molecule has 0 heterocycles. The fourth-order valence-corrected chi connectivity index (χ4v) is 4.06. The molecule has 0 aliphatic heterocycles. The van der Waals surface area contributed by atoms with Crippen LogP contribution in [-0.2, 0) is 20.7 Å². The zero-order valence-corrected chi connectivity index (χ0v) is 21.4. The van der Waals surface area contributed by atoms with E-state index < -0.39 is 6.04 Å². The van der Waals surface area contributed by atoms with Crippen LogP contribution in [0.2, 0.25) is 0 Å². The van der Waals surface area contributed by atoms with Gasteiger partial charge >= 0.3 is 5.97 Å². The molecule has 1 atom stereocenters. The summed E-state index contributed by atoms with van der Waals surface area (Å²) in [6, 6.07) is 9.23. The number of carbonyl (C=O) groups is 2. The van der Waals surface area contributed by atoms with E-state index in [1.165, 1.54) is 70.6 Å². The van der Waals surface area contributed by atoms with Gasteiger partial charge in [0, 0.05) is 12.8 Å². The number of ether oxygens (including phenoxy) is 1. The van der Waals surface area contributed by atoms with Crippen molar-refractivity contribution in [2.24, 2.45) is 0 Å². The molecule has 0 saturated heterocycles. The SMILES string of the molecule is CCCCCCCCCCCC(=O)N[C@@H](Cc1ccccc1)C(=O)OCCCCCCCC. The van der Waals surface area contributed by atoms with Gasteiger partial charge in [0.2, 0.25) is 5.91 Å². The Labute approximate surface area is 203 Å². The van der Waals surface area contributed by atoms with Crippen LogP contribution in [0, 0.1) is 0 Å². The largest absolute Gasteiger partial charge is 0.464 e. The van der Waals surface area contributed by atoms with Crippen molar-refractivity contribution in [2.75, 3.05) is 6.61 Å². The molecule has 1 rings (SSSR count). The zero-order chi connectivity index (χ0) is 24.0. The van der Waals surface area contributed by atoms with E-state index in [1.54, 1.807) is 0 Å². The van der Waals surface area contributed by atoms with E-state index in [4.69, 9.17) is 4.74 Å². The van der Waals surface area contributed by atoms with Gasteiger partial charge in [-0.15, -0.1) is 0 Å². The Morgan fingerprint density at radius 3 is 1.82 bits per heavy atom. The molecule has 4 nitrogen and oxygen atoms in total. The number of unbranched alkanes of at least 4 members (excludes halogenated alkanes) is 13. The molecule has 0 radical (unpaired) electrons. The van der Waals surface area contributed by atoms with E-state index in [9.17, 15) is 9.59 Å². The van der Waals surface area contributed by atoms with Gasteiger partial charge in [-0.2, -0.15) is 0 Å². The predicted octanol–water partition coefficient (Wildman–Crippen LogP) is 7.54. The molecule has 0 aromatic heterocycles. The van der Waals surface area contributed by atoms with Crippen LogP contribution in [-0.4, -0.2) is 24.5 Å². The first-order valence-corrected chi connectivity index (χ1v) is 13.7. The van der Waals surface area contributed by atoms with E-state index in [0.717, 1.165) is 31.2 Å². The molecule has 0 fully saturated rings. The standard InChI is InChI=1S/C29H49NO3/c1-3-5-7-9-11-12-13-14-19-23-28(31)30-27(25-26-21-17-16-18-22-26)29(32)33-24-20-15-10-8-6-4-2/h16-18,21-22,27H,3-15,19-20,23-25H2,1-2H3,(H,30,31)/t27-/m0/s1. The van der Waals surface area contributed by atoms with Crippen LogP contribution in [0.15, 0.2) is 30.3 Å². The maximum Gasteiger partial charge on any atom is 0.328 e. The number of hydrogen-bond donors (Lipinski definition) is 1. The third-order valence-corrected chi connectivity index (χ3v) is 6.15. The Balaban J connectivity index is 2.33. The lowest BCUT2D eigenvalue weighted by molar-refractivity contribution is -0.148. The topological polar surface area (TPSA) is 55.4 Å². The van der Waals surface area contributed by atoms with Crippen molar-refractivity contribution in [3.05, 3.63) is 35.9 Å². The summed E-state index contributed by atoms with van der Waals surface area (Å²) in [5.41, 5.74) is 1.03. The quantitative estimate of drug-likeness (QED) is 0.153. The van der Waals surface area contributed by atoms with Gasteiger partial charge in [-0.1, -0.05) is 128 Å². The summed E-state index contributed by atoms with van der Waals surface area (Å²) < 4.78 is 5.53. The summed E-state index contributed by atoms with van der Waals surface area (Å²) in [4.78, 5) is 25.2. The zero-order valence-electron chi connectivity index (χ0n) is 21.4. The van der Waals surface area contributed by atoms with Gasteiger partial charge in [0.05, 0.1) is 6.61 Å². The molecule has 0 bridgehead atoms. The summed E-state index contributed by atoms with van der Waals surface area (Å²) in [6.07, 6.45) is 18.9. The van der Waals surface area contributed by atoms with Gasteiger partial charge in [0.15, 0.2) is 0 Å². The van der Waals surface area contributed by atoms with Crippen LogP contribution in [0.3, 0.4) is 0 Å². The normalized spacial score (nSPS) is 11.8. The number of esters is 1. The summed E-state index contributed by atoms with van der Waals surface area (Å²) in [7, 11) is 0. The molecule has 4 heteroatoms. The van der Waals surface area contributed by atoms with Crippen molar-refractivity contribution in [3.8, 4) is 0 Å². The fraction of sp³-hybridized carbons (Fsp3) is 0.724. The van der Waals surface area contributed by atoms with Gasteiger partial charge < -0.3 is 10.1 Å². The highest BCUT2D eigenvalue weighted by Crippen LogP contribution is 2.11. The number of nitrogens with one attached hydrogen (secondary N) is 1. The smallest absolute Gasteiger partial charge is 0.328 e. The number of hydrogen-bond acceptors (Lipinski definition) is 3. The molecule has 0 aliphatic rings. The second kappa shape index (κ2) is 20.7. The molecule has 33 heavy (non-hydrogen) atoms. The number of carbonyl (C=O) groups excluding carboxylic acids is 2. The molecule has 1 amide bonds. The maximum absolute atomic E-state index is 12.7. The van der Waals surface area contributed by atoms with Crippen molar-refractivity contribution in [1.29, 1.82) is 0 Å². The number of amides is 1. The Morgan fingerprint density at radius 1 is 0.727 bits per heavy atom. The molecule has 0 unspecified atom stereocenters. The lowest BCUT2D eigenvalue weighted by atomic mass is 10.0. The first-order valence-electron chi connectivity index (χ1n) is 13.7. The molecular weight excluding hydrogens is 410 g/mol.